The fourth-order valence-corrected chi connectivity index (χ4v) is 4.32. The molecule has 0 spiro atoms. The Morgan fingerprint density at radius 2 is 1.50 bits per heavy atom. The Morgan fingerprint density at radius 3 is 2.18 bits per heavy atom. The van der Waals surface area contributed by atoms with Crippen LogP contribution in [-0.2, 0) is 9.59 Å². The molecule has 2 amide bonds. The maximum Gasteiger partial charge on any atom is 0.270 e. The van der Waals surface area contributed by atoms with Crippen molar-refractivity contribution in [3.05, 3.63) is 120 Å². The molecule has 1 aliphatic heterocycles. The Hall–Kier alpha value is -4.88. The van der Waals surface area contributed by atoms with Gasteiger partial charge in [0, 0.05) is 5.56 Å². The van der Waals surface area contributed by atoms with Crippen LogP contribution in [0, 0.1) is 0 Å². The number of ketones is 1. The monoisotopic (exact) mass is 518 g/mol. The number of para-hydroxylation sites is 1. The Balaban J connectivity index is 1.37. The topological polar surface area (TPSA) is 75.7 Å². The Kier molecular flexibility index (Phi) is 6.93. The van der Waals surface area contributed by atoms with E-state index >= 15 is 0 Å². The first-order valence-corrected chi connectivity index (χ1v) is 12.3. The third-order valence-electron chi connectivity index (χ3n) is 6.00. The SMILES string of the molecule is CC(=O)c1cccc(-c2ccc(/C=C3\C(=O)NC(=S)N(c4ccc(Oc5ccccc5)cc4)C3=O)cc2)c1. The van der Waals surface area contributed by atoms with Crippen LogP contribution in [0.3, 0.4) is 0 Å². The lowest BCUT2D eigenvalue weighted by molar-refractivity contribution is -0.122. The minimum Gasteiger partial charge on any atom is -0.457 e. The third kappa shape index (κ3) is 5.28. The van der Waals surface area contributed by atoms with Crippen LogP contribution in [0.2, 0.25) is 0 Å². The molecule has 186 valence electrons. The minimum atomic E-state index is -0.557. The van der Waals surface area contributed by atoms with Crippen LogP contribution in [-0.4, -0.2) is 22.7 Å². The molecular formula is C31H22N2O4S. The lowest BCUT2D eigenvalue weighted by Gasteiger charge is -2.29. The van der Waals surface area contributed by atoms with E-state index in [1.807, 2.05) is 72.8 Å². The van der Waals surface area contributed by atoms with E-state index in [4.69, 9.17) is 17.0 Å². The molecule has 1 fully saturated rings. The zero-order chi connectivity index (χ0) is 26.6. The van der Waals surface area contributed by atoms with Gasteiger partial charge in [0.2, 0.25) is 0 Å². The van der Waals surface area contributed by atoms with E-state index in [0.29, 0.717) is 28.3 Å². The smallest absolute Gasteiger partial charge is 0.270 e. The van der Waals surface area contributed by atoms with Crippen molar-refractivity contribution < 1.29 is 19.1 Å². The predicted molar refractivity (Wildman–Crippen MR) is 151 cm³/mol. The normalized spacial score (nSPS) is 14.4. The summed E-state index contributed by atoms with van der Waals surface area (Å²) in [5.41, 5.74) is 3.60. The molecule has 0 unspecified atom stereocenters. The molecule has 5 rings (SSSR count). The number of carbonyl (C=O) groups is 3. The molecule has 4 aromatic carbocycles. The van der Waals surface area contributed by atoms with Crippen LogP contribution in [0.25, 0.3) is 17.2 Å². The summed E-state index contributed by atoms with van der Waals surface area (Å²) in [6.45, 7) is 1.53. The van der Waals surface area contributed by atoms with Crippen LogP contribution in [0.4, 0.5) is 5.69 Å². The van der Waals surface area contributed by atoms with Crippen molar-refractivity contribution in [3.63, 3.8) is 0 Å². The maximum atomic E-state index is 13.4. The van der Waals surface area contributed by atoms with E-state index in [2.05, 4.69) is 5.32 Å². The third-order valence-corrected chi connectivity index (χ3v) is 6.28. The van der Waals surface area contributed by atoms with Gasteiger partial charge in [-0.2, -0.15) is 0 Å². The number of thiocarbonyl (C=S) groups is 1. The molecule has 0 aromatic heterocycles. The summed E-state index contributed by atoms with van der Waals surface area (Å²) in [5.74, 6) is 0.215. The van der Waals surface area contributed by atoms with E-state index in [1.54, 1.807) is 30.3 Å². The van der Waals surface area contributed by atoms with Crippen LogP contribution in [0.15, 0.2) is 109 Å². The van der Waals surface area contributed by atoms with Crippen molar-refractivity contribution in [1.29, 1.82) is 0 Å². The molecule has 0 bridgehead atoms. The van der Waals surface area contributed by atoms with Crippen LogP contribution in [0.5, 0.6) is 11.5 Å². The van der Waals surface area contributed by atoms with Gasteiger partial charge in [-0.15, -0.1) is 0 Å². The second kappa shape index (κ2) is 10.6. The summed E-state index contributed by atoms with van der Waals surface area (Å²) in [7, 11) is 0. The molecule has 1 heterocycles. The molecule has 1 aliphatic rings. The lowest BCUT2D eigenvalue weighted by atomic mass is 9.99. The highest BCUT2D eigenvalue weighted by Crippen LogP contribution is 2.28. The van der Waals surface area contributed by atoms with E-state index < -0.39 is 11.8 Å². The van der Waals surface area contributed by atoms with Gasteiger partial charge in [-0.25, -0.2) is 0 Å². The largest absolute Gasteiger partial charge is 0.457 e. The van der Waals surface area contributed by atoms with Crippen LogP contribution < -0.4 is 15.0 Å². The first-order valence-electron chi connectivity index (χ1n) is 11.8. The van der Waals surface area contributed by atoms with Gasteiger partial charge in [-0.1, -0.05) is 60.7 Å². The second-order valence-electron chi connectivity index (χ2n) is 8.63. The number of nitrogens with zero attached hydrogens (tertiary/aromatic N) is 1. The van der Waals surface area contributed by atoms with E-state index in [9.17, 15) is 14.4 Å². The second-order valence-corrected chi connectivity index (χ2v) is 9.01. The Bertz CT molecular complexity index is 1580. The van der Waals surface area contributed by atoms with Crippen molar-refractivity contribution in [2.45, 2.75) is 6.92 Å². The molecule has 7 heteroatoms. The van der Waals surface area contributed by atoms with Crippen molar-refractivity contribution in [2.24, 2.45) is 0 Å². The molecule has 0 radical (unpaired) electrons. The average molecular weight is 519 g/mol. The Labute approximate surface area is 225 Å². The summed E-state index contributed by atoms with van der Waals surface area (Å²) in [4.78, 5) is 39.0. The summed E-state index contributed by atoms with van der Waals surface area (Å²) >= 11 is 5.31. The number of nitrogens with one attached hydrogen (secondary N) is 1. The van der Waals surface area contributed by atoms with Crippen LogP contribution >= 0.6 is 12.2 Å². The number of hydrogen-bond acceptors (Lipinski definition) is 5. The van der Waals surface area contributed by atoms with Crippen LogP contribution in [0.1, 0.15) is 22.8 Å². The number of anilines is 1. The summed E-state index contributed by atoms with van der Waals surface area (Å²) in [5, 5.41) is 2.61. The first-order chi connectivity index (χ1) is 18.4. The zero-order valence-corrected chi connectivity index (χ0v) is 21.2. The Morgan fingerprint density at radius 1 is 0.816 bits per heavy atom. The standard InChI is InChI=1S/C31H22N2O4S/c1-20(34)23-6-5-7-24(19-23)22-12-10-21(11-13-22)18-28-29(35)32-31(38)33(30(28)36)25-14-16-27(17-15-25)37-26-8-3-2-4-9-26/h2-19H,1H3,(H,32,35,38)/b28-18+. The fourth-order valence-electron chi connectivity index (χ4n) is 4.04. The van der Waals surface area contributed by atoms with Gasteiger partial charge in [0.1, 0.15) is 17.1 Å². The molecule has 1 saturated heterocycles. The maximum absolute atomic E-state index is 13.4. The lowest BCUT2D eigenvalue weighted by Crippen LogP contribution is -2.54. The van der Waals surface area contributed by atoms with Crippen molar-refractivity contribution in [1.82, 2.24) is 5.32 Å². The number of Topliss-reactive ketones (excluding diaryl/α,β-unsaturated/α-hetero) is 1. The molecule has 6 nitrogen and oxygen atoms in total. The summed E-state index contributed by atoms with van der Waals surface area (Å²) in [6.07, 6.45) is 1.54. The van der Waals surface area contributed by atoms with E-state index in [0.717, 1.165) is 11.1 Å². The molecule has 0 saturated carbocycles. The number of amides is 2. The zero-order valence-electron chi connectivity index (χ0n) is 20.4. The first kappa shape index (κ1) is 24.8. The summed E-state index contributed by atoms with van der Waals surface area (Å²) in [6, 6.07) is 31.0. The highest BCUT2D eigenvalue weighted by atomic mass is 32.1. The van der Waals surface area contributed by atoms with Gasteiger partial charge in [-0.05, 0) is 84.4 Å². The highest BCUT2D eigenvalue weighted by molar-refractivity contribution is 7.80. The number of rotatable bonds is 6. The predicted octanol–water partition coefficient (Wildman–Crippen LogP) is 6.18. The van der Waals surface area contributed by atoms with Gasteiger partial charge in [0.05, 0.1) is 5.69 Å². The molecule has 0 aliphatic carbocycles. The van der Waals surface area contributed by atoms with E-state index in [1.165, 1.54) is 17.9 Å². The van der Waals surface area contributed by atoms with Gasteiger partial charge >= 0.3 is 0 Å². The number of ether oxygens (including phenoxy) is 1. The van der Waals surface area contributed by atoms with Gasteiger partial charge in [0.15, 0.2) is 10.9 Å². The van der Waals surface area contributed by atoms with Crippen molar-refractivity contribution >= 4 is 46.7 Å². The van der Waals surface area contributed by atoms with Gasteiger partial charge in [-0.3, -0.25) is 24.6 Å². The average Bonchev–Trinajstić information content (AvgIpc) is 2.93. The number of carbonyl (C=O) groups excluding carboxylic acids is 3. The highest BCUT2D eigenvalue weighted by Gasteiger charge is 2.34. The van der Waals surface area contributed by atoms with Gasteiger partial charge < -0.3 is 4.74 Å². The molecular weight excluding hydrogens is 496 g/mol. The fraction of sp³-hybridized carbons (Fsp3) is 0.0323. The molecule has 1 N–H and O–H groups in total. The molecule has 4 aromatic rings. The molecule has 38 heavy (non-hydrogen) atoms. The number of hydrogen-bond donors (Lipinski definition) is 1. The quantitative estimate of drug-likeness (QED) is 0.143. The van der Waals surface area contributed by atoms with Crippen molar-refractivity contribution in [3.8, 4) is 22.6 Å². The number of benzene rings is 4. The molecule has 0 atom stereocenters. The summed E-state index contributed by atoms with van der Waals surface area (Å²) < 4.78 is 5.82. The van der Waals surface area contributed by atoms with Crippen molar-refractivity contribution in [2.75, 3.05) is 4.90 Å². The van der Waals surface area contributed by atoms with Gasteiger partial charge in [0.25, 0.3) is 11.8 Å². The van der Waals surface area contributed by atoms with E-state index in [-0.39, 0.29) is 16.5 Å². The minimum absolute atomic E-state index is 0.00384.